The molecule has 6 heteroatoms. The first-order chi connectivity index (χ1) is 10.1. The number of hydrogen-bond donors (Lipinski definition) is 1. The maximum Gasteiger partial charge on any atom is 0.217 e. The molecule has 0 spiro atoms. The fourth-order valence-electron chi connectivity index (χ4n) is 2.29. The Balaban J connectivity index is 2.34. The lowest BCUT2D eigenvalue weighted by molar-refractivity contribution is -0.114. The molecule has 4 nitrogen and oxygen atoms in total. The van der Waals surface area contributed by atoms with Crippen LogP contribution >= 0.6 is 23.2 Å². The summed E-state index contributed by atoms with van der Waals surface area (Å²) in [4.78, 5) is 27.4. The minimum absolute atomic E-state index is 0.0191. The van der Waals surface area contributed by atoms with Crippen molar-refractivity contribution in [2.24, 2.45) is 0 Å². The van der Waals surface area contributed by atoms with Crippen LogP contribution in [-0.2, 0) is 9.59 Å². The Kier molecular flexibility index (Phi) is 3.17. The van der Waals surface area contributed by atoms with E-state index in [0.29, 0.717) is 5.56 Å². The highest BCUT2D eigenvalue weighted by Crippen LogP contribution is 2.36. The smallest absolute Gasteiger partial charge is 0.217 e. The van der Waals surface area contributed by atoms with Gasteiger partial charge in [0.2, 0.25) is 11.6 Å². The van der Waals surface area contributed by atoms with E-state index in [1.807, 2.05) is 12.1 Å². The number of benzene rings is 1. The second kappa shape index (κ2) is 4.88. The molecule has 1 aromatic carbocycles. The summed E-state index contributed by atoms with van der Waals surface area (Å²) in [6.07, 6.45) is 1.58. The van der Waals surface area contributed by atoms with Gasteiger partial charge in [0.1, 0.15) is 21.7 Å². The first kappa shape index (κ1) is 13.6. The molecule has 102 valence electrons. The fourth-order valence-corrected chi connectivity index (χ4v) is 2.65. The summed E-state index contributed by atoms with van der Waals surface area (Å²) in [5, 5.41) is 9.16. The van der Waals surface area contributed by atoms with E-state index >= 15 is 0 Å². The summed E-state index contributed by atoms with van der Waals surface area (Å²) < 4.78 is 0. The number of aromatic nitrogens is 1. The Hall–Kier alpha value is -2.35. The third-order valence-electron chi connectivity index (χ3n) is 3.27. The number of nitriles is 1. The molecule has 1 heterocycles. The van der Waals surface area contributed by atoms with Crippen LogP contribution in [0.4, 0.5) is 0 Å². The van der Waals surface area contributed by atoms with Crippen LogP contribution in [0.25, 0.3) is 16.5 Å². The van der Waals surface area contributed by atoms with E-state index in [2.05, 4.69) is 4.98 Å². The van der Waals surface area contributed by atoms with Crippen molar-refractivity contribution in [2.45, 2.75) is 0 Å². The Bertz CT molecular complexity index is 913. The Labute approximate surface area is 129 Å². The molecule has 1 N–H and O–H groups in total. The van der Waals surface area contributed by atoms with Crippen molar-refractivity contribution in [1.29, 1.82) is 5.26 Å². The van der Waals surface area contributed by atoms with Crippen molar-refractivity contribution >= 4 is 51.2 Å². The van der Waals surface area contributed by atoms with Gasteiger partial charge in [-0.05, 0) is 6.07 Å². The van der Waals surface area contributed by atoms with E-state index < -0.39 is 16.6 Å². The number of hydrogen-bond acceptors (Lipinski definition) is 3. The third-order valence-corrected chi connectivity index (χ3v) is 4.08. The number of Topliss-reactive ketones (excluding diaryl/α,β-unsaturated/α-hetero) is 2. The number of rotatable bonds is 1. The highest BCUT2D eigenvalue weighted by molar-refractivity contribution is 6.63. The molecule has 0 bridgehead atoms. The summed E-state index contributed by atoms with van der Waals surface area (Å²) in [5.41, 5.74) is 0.936. The Morgan fingerprint density at radius 1 is 1.05 bits per heavy atom. The number of fused-ring (bicyclic) bond motifs is 1. The zero-order valence-electron chi connectivity index (χ0n) is 10.4. The standard InChI is InChI=1S/C15H6Cl2N2O2/c16-12-13(17)15(21)11(8(5-18)14(12)20)9-6-19-10-4-2-1-3-7(9)10/h1-4,6,19H. The number of nitrogens with zero attached hydrogens (tertiary/aromatic N) is 1. The molecule has 0 saturated heterocycles. The molecule has 1 aliphatic rings. The molecule has 0 fully saturated rings. The number of para-hydroxylation sites is 1. The van der Waals surface area contributed by atoms with Crippen LogP contribution in [0.1, 0.15) is 5.56 Å². The number of carbonyl (C=O) groups excluding carboxylic acids is 2. The summed E-state index contributed by atoms with van der Waals surface area (Å²) in [6, 6.07) is 9.00. The molecule has 21 heavy (non-hydrogen) atoms. The second-order valence-electron chi connectivity index (χ2n) is 4.40. The molecule has 0 aliphatic heterocycles. The van der Waals surface area contributed by atoms with Gasteiger partial charge in [0.05, 0.1) is 5.57 Å². The number of ketones is 2. The van der Waals surface area contributed by atoms with Gasteiger partial charge in [0.25, 0.3) is 0 Å². The Morgan fingerprint density at radius 2 is 1.71 bits per heavy atom. The van der Waals surface area contributed by atoms with E-state index in [9.17, 15) is 14.9 Å². The topological polar surface area (TPSA) is 73.7 Å². The van der Waals surface area contributed by atoms with Crippen LogP contribution in [0.3, 0.4) is 0 Å². The van der Waals surface area contributed by atoms with Crippen molar-refractivity contribution in [3.63, 3.8) is 0 Å². The zero-order valence-corrected chi connectivity index (χ0v) is 11.9. The van der Waals surface area contributed by atoms with Crippen LogP contribution in [-0.4, -0.2) is 16.6 Å². The quantitative estimate of drug-likeness (QED) is 0.820. The third kappa shape index (κ3) is 1.90. The lowest BCUT2D eigenvalue weighted by Crippen LogP contribution is -2.18. The van der Waals surface area contributed by atoms with Gasteiger partial charge in [-0.2, -0.15) is 5.26 Å². The average Bonchev–Trinajstić information content (AvgIpc) is 2.92. The van der Waals surface area contributed by atoms with E-state index in [1.54, 1.807) is 24.4 Å². The lowest BCUT2D eigenvalue weighted by atomic mass is 9.90. The molecule has 0 atom stereocenters. The van der Waals surface area contributed by atoms with Gasteiger partial charge in [-0.3, -0.25) is 9.59 Å². The van der Waals surface area contributed by atoms with Gasteiger partial charge in [0, 0.05) is 22.7 Å². The number of halogens is 2. The van der Waals surface area contributed by atoms with E-state index in [1.165, 1.54) is 0 Å². The van der Waals surface area contributed by atoms with Gasteiger partial charge in [0.15, 0.2) is 0 Å². The molecule has 1 aliphatic carbocycles. The van der Waals surface area contributed by atoms with Crippen molar-refractivity contribution in [3.8, 4) is 6.07 Å². The van der Waals surface area contributed by atoms with Crippen LogP contribution in [0.5, 0.6) is 0 Å². The van der Waals surface area contributed by atoms with Gasteiger partial charge < -0.3 is 4.98 Å². The highest BCUT2D eigenvalue weighted by Gasteiger charge is 2.34. The van der Waals surface area contributed by atoms with Crippen LogP contribution in [0.15, 0.2) is 46.1 Å². The first-order valence-corrected chi connectivity index (χ1v) is 6.67. The number of H-pyrrole nitrogens is 1. The molecule has 0 amide bonds. The molecule has 2 aromatic rings. The Morgan fingerprint density at radius 3 is 2.43 bits per heavy atom. The fraction of sp³-hybridized carbons (Fsp3) is 0. The predicted octanol–water partition coefficient (Wildman–Crippen LogP) is 3.29. The normalized spacial score (nSPS) is 15.9. The molecule has 0 unspecified atom stereocenters. The number of carbonyl (C=O) groups is 2. The van der Waals surface area contributed by atoms with Crippen molar-refractivity contribution in [3.05, 3.63) is 51.7 Å². The predicted molar refractivity (Wildman–Crippen MR) is 79.6 cm³/mol. The molecule has 0 radical (unpaired) electrons. The minimum atomic E-state index is -0.732. The maximum absolute atomic E-state index is 12.3. The van der Waals surface area contributed by atoms with Gasteiger partial charge in [-0.15, -0.1) is 0 Å². The van der Waals surface area contributed by atoms with Crippen LogP contribution in [0, 0.1) is 11.3 Å². The van der Waals surface area contributed by atoms with Crippen molar-refractivity contribution in [2.75, 3.05) is 0 Å². The summed E-state index contributed by atoms with van der Waals surface area (Å²) in [6.45, 7) is 0. The molecule has 1 aromatic heterocycles. The van der Waals surface area contributed by atoms with E-state index in [-0.39, 0.29) is 16.2 Å². The average molecular weight is 317 g/mol. The van der Waals surface area contributed by atoms with Gasteiger partial charge in [-0.25, -0.2) is 0 Å². The second-order valence-corrected chi connectivity index (χ2v) is 5.15. The van der Waals surface area contributed by atoms with Gasteiger partial charge >= 0.3 is 0 Å². The highest BCUT2D eigenvalue weighted by atomic mass is 35.5. The SMILES string of the molecule is N#CC1=C(c2c[nH]c3ccccc23)C(=O)C(Cl)=C(Cl)C1=O. The maximum atomic E-state index is 12.3. The van der Waals surface area contributed by atoms with Crippen LogP contribution < -0.4 is 0 Å². The number of allylic oxidation sites excluding steroid dienone is 4. The molecule has 3 rings (SSSR count). The minimum Gasteiger partial charge on any atom is -0.361 e. The molecule has 0 saturated carbocycles. The van der Waals surface area contributed by atoms with Crippen molar-refractivity contribution in [1.82, 2.24) is 4.98 Å². The summed E-state index contributed by atoms with van der Waals surface area (Å²) in [5.74, 6) is -1.35. The number of nitrogens with one attached hydrogen (secondary N) is 1. The number of aromatic amines is 1. The van der Waals surface area contributed by atoms with Gasteiger partial charge in [-0.1, -0.05) is 41.4 Å². The van der Waals surface area contributed by atoms with Crippen LogP contribution in [0.2, 0.25) is 0 Å². The monoisotopic (exact) mass is 316 g/mol. The van der Waals surface area contributed by atoms with E-state index in [0.717, 1.165) is 10.9 Å². The van der Waals surface area contributed by atoms with E-state index in [4.69, 9.17) is 23.2 Å². The molecular weight excluding hydrogens is 311 g/mol. The first-order valence-electron chi connectivity index (χ1n) is 5.91. The van der Waals surface area contributed by atoms with Crippen molar-refractivity contribution < 1.29 is 9.59 Å². The lowest BCUT2D eigenvalue weighted by Gasteiger charge is -2.14. The summed E-state index contributed by atoms with van der Waals surface area (Å²) in [7, 11) is 0. The summed E-state index contributed by atoms with van der Waals surface area (Å²) >= 11 is 11.5. The zero-order chi connectivity index (χ0) is 15.1. The molecular formula is C15H6Cl2N2O2. The largest absolute Gasteiger partial charge is 0.361 e.